The van der Waals surface area contributed by atoms with Gasteiger partial charge in [0.2, 0.25) is 0 Å². The quantitative estimate of drug-likeness (QED) is 0.521. The summed E-state index contributed by atoms with van der Waals surface area (Å²) in [5.41, 5.74) is 0. The molecule has 18 heavy (non-hydrogen) atoms. The van der Waals surface area contributed by atoms with Crippen molar-refractivity contribution in [1.29, 1.82) is 0 Å². The lowest BCUT2D eigenvalue weighted by atomic mass is 9.90. The van der Waals surface area contributed by atoms with Crippen LogP contribution in [0.1, 0.15) is 6.42 Å². The molecular weight excluding hydrogens is 242 g/mol. The number of ether oxygens (including phenoxy) is 3. The second kappa shape index (κ2) is 5.10. The highest BCUT2D eigenvalue weighted by Crippen LogP contribution is 2.43. The number of methoxy groups -OCH3 is 3. The van der Waals surface area contributed by atoms with E-state index in [9.17, 15) is 9.90 Å². The third-order valence-electron chi connectivity index (χ3n) is 3.80. The first kappa shape index (κ1) is 13.7. The zero-order valence-electron chi connectivity index (χ0n) is 10.8. The third kappa shape index (κ3) is 1.83. The Morgan fingerprint density at radius 1 is 1.44 bits per heavy atom. The maximum atomic E-state index is 11.9. The van der Waals surface area contributed by atoms with Crippen molar-refractivity contribution in [2.45, 2.75) is 24.4 Å². The number of hydrogen-bond acceptors (Lipinski definition) is 7. The molecule has 2 saturated heterocycles. The molecule has 0 spiro atoms. The summed E-state index contributed by atoms with van der Waals surface area (Å²) in [6.45, 7) is 0.326. The second-order valence-corrected chi connectivity index (χ2v) is 4.43. The monoisotopic (exact) mass is 261 g/mol. The summed E-state index contributed by atoms with van der Waals surface area (Å²) < 4.78 is 15.7. The van der Waals surface area contributed by atoms with Crippen molar-refractivity contribution in [2.24, 2.45) is 5.92 Å². The van der Waals surface area contributed by atoms with Crippen LogP contribution in [-0.4, -0.2) is 68.6 Å². The molecular formula is C11H19NO6. The Balaban J connectivity index is 2.31. The maximum absolute atomic E-state index is 11.9. The predicted octanol–water partition coefficient (Wildman–Crippen LogP) is -0.855. The molecule has 0 aliphatic carbocycles. The Bertz CT molecular complexity index is 319. The SMILES string of the molecule is COC(=O)[C@H]1[C@@H]2N(CCC2(OC)OC)O[C@@H]1CO. The van der Waals surface area contributed by atoms with E-state index in [0.29, 0.717) is 13.0 Å². The molecule has 0 aromatic heterocycles. The van der Waals surface area contributed by atoms with Gasteiger partial charge in [-0.15, -0.1) is 0 Å². The fraction of sp³-hybridized carbons (Fsp3) is 0.909. The van der Waals surface area contributed by atoms with Crippen LogP contribution in [0.2, 0.25) is 0 Å². The van der Waals surface area contributed by atoms with Crippen molar-refractivity contribution in [2.75, 3.05) is 34.5 Å². The molecule has 0 radical (unpaired) electrons. The van der Waals surface area contributed by atoms with Gasteiger partial charge in [0.1, 0.15) is 18.1 Å². The number of hydrogen-bond donors (Lipinski definition) is 1. The summed E-state index contributed by atoms with van der Waals surface area (Å²) in [6, 6.07) is -0.405. The lowest BCUT2D eigenvalue weighted by molar-refractivity contribution is -0.238. The van der Waals surface area contributed by atoms with Gasteiger partial charge in [0.05, 0.1) is 13.7 Å². The number of rotatable bonds is 4. The van der Waals surface area contributed by atoms with Gasteiger partial charge in [-0.25, -0.2) is 0 Å². The van der Waals surface area contributed by atoms with Crippen molar-refractivity contribution in [3.63, 3.8) is 0 Å². The van der Waals surface area contributed by atoms with Crippen LogP contribution >= 0.6 is 0 Å². The van der Waals surface area contributed by atoms with Gasteiger partial charge in [-0.3, -0.25) is 9.63 Å². The molecule has 104 valence electrons. The third-order valence-corrected chi connectivity index (χ3v) is 3.80. The van der Waals surface area contributed by atoms with Gasteiger partial charge < -0.3 is 19.3 Å². The summed E-state index contributed by atoms with van der Waals surface area (Å²) in [6.07, 6.45) is -0.0246. The van der Waals surface area contributed by atoms with Crippen LogP contribution in [0.15, 0.2) is 0 Å². The van der Waals surface area contributed by atoms with Crippen LogP contribution in [0.4, 0.5) is 0 Å². The van der Waals surface area contributed by atoms with Gasteiger partial charge in [0.25, 0.3) is 0 Å². The number of nitrogens with zero attached hydrogens (tertiary/aromatic N) is 1. The van der Waals surface area contributed by atoms with E-state index in [-0.39, 0.29) is 6.61 Å². The van der Waals surface area contributed by atoms with E-state index in [4.69, 9.17) is 19.0 Å². The molecule has 7 nitrogen and oxygen atoms in total. The van der Waals surface area contributed by atoms with Crippen LogP contribution in [0, 0.1) is 5.92 Å². The first-order valence-electron chi connectivity index (χ1n) is 5.86. The van der Waals surface area contributed by atoms with Gasteiger partial charge >= 0.3 is 5.97 Å². The van der Waals surface area contributed by atoms with Crippen molar-refractivity contribution in [3.05, 3.63) is 0 Å². The summed E-state index contributed by atoms with van der Waals surface area (Å²) in [5, 5.41) is 11.0. The number of aliphatic hydroxyl groups excluding tert-OH is 1. The van der Waals surface area contributed by atoms with Crippen molar-refractivity contribution < 1.29 is 28.9 Å². The highest BCUT2D eigenvalue weighted by molar-refractivity contribution is 5.74. The summed E-state index contributed by atoms with van der Waals surface area (Å²) in [4.78, 5) is 17.4. The molecule has 3 atom stereocenters. The van der Waals surface area contributed by atoms with E-state index in [0.717, 1.165) is 0 Å². The van der Waals surface area contributed by atoms with Crippen LogP contribution in [0.5, 0.6) is 0 Å². The lowest BCUT2D eigenvalue weighted by Gasteiger charge is -2.33. The molecule has 7 heteroatoms. The normalized spacial score (nSPS) is 34.6. The molecule has 2 aliphatic heterocycles. The van der Waals surface area contributed by atoms with Crippen molar-refractivity contribution in [3.8, 4) is 0 Å². The highest BCUT2D eigenvalue weighted by Gasteiger charge is 2.62. The largest absolute Gasteiger partial charge is 0.469 e. The Labute approximate surface area is 106 Å². The summed E-state index contributed by atoms with van der Waals surface area (Å²) in [7, 11) is 4.39. The van der Waals surface area contributed by atoms with Crippen molar-refractivity contribution >= 4 is 5.97 Å². The predicted molar refractivity (Wildman–Crippen MR) is 59.3 cm³/mol. The molecule has 1 N–H and O–H groups in total. The smallest absolute Gasteiger partial charge is 0.313 e. The molecule has 2 fully saturated rings. The molecule has 0 amide bonds. The first-order valence-corrected chi connectivity index (χ1v) is 5.86. The maximum Gasteiger partial charge on any atom is 0.313 e. The Hall–Kier alpha value is -0.730. The van der Waals surface area contributed by atoms with Gasteiger partial charge in [0, 0.05) is 27.2 Å². The van der Waals surface area contributed by atoms with E-state index >= 15 is 0 Å². The minimum atomic E-state index is -0.900. The summed E-state index contributed by atoms with van der Waals surface area (Å²) >= 11 is 0. The Morgan fingerprint density at radius 2 is 2.11 bits per heavy atom. The molecule has 0 aromatic carbocycles. The number of carbonyl (C=O) groups is 1. The molecule has 0 aromatic rings. The zero-order chi connectivity index (χ0) is 13.3. The van der Waals surface area contributed by atoms with Crippen molar-refractivity contribution in [1.82, 2.24) is 5.06 Å². The minimum absolute atomic E-state index is 0.254. The van der Waals surface area contributed by atoms with E-state index in [1.165, 1.54) is 21.3 Å². The molecule has 0 unspecified atom stereocenters. The van der Waals surface area contributed by atoms with Gasteiger partial charge in [0.15, 0.2) is 5.79 Å². The van der Waals surface area contributed by atoms with E-state index in [1.807, 2.05) is 0 Å². The topological polar surface area (TPSA) is 77.5 Å². The molecule has 0 saturated carbocycles. The van der Waals surface area contributed by atoms with Gasteiger partial charge in [-0.1, -0.05) is 0 Å². The molecule has 2 heterocycles. The van der Waals surface area contributed by atoms with Crippen LogP contribution in [-0.2, 0) is 23.8 Å². The van der Waals surface area contributed by atoms with Crippen LogP contribution < -0.4 is 0 Å². The van der Waals surface area contributed by atoms with Gasteiger partial charge in [-0.2, -0.15) is 5.06 Å². The molecule has 2 rings (SSSR count). The lowest BCUT2D eigenvalue weighted by Crippen LogP contribution is -2.51. The number of carbonyl (C=O) groups excluding carboxylic acids is 1. The summed E-state index contributed by atoms with van der Waals surface area (Å²) in [5.74, 6) is -1.95. The standard InChI is InChI=1S/C11H19NO6/c1-15-10(14)8-7(6-13)18-12-5-4-11(16-2,17-3)9(8)12/h7-9,13H,4-6H2,1-3H3/t7-,8-,9+/m1/s1. The van der Waals surface area contributed by atoms with Crippen LogP contribution in [0.3, 0.4) is 0 Å². The Morgan fingerprint density at radius 3 is 2.61 bits per heavy atom. The number of fused-ring (bicyclic) bond motifs is 1. The van der Waals surface area contributed by atoms with E-state index in [2.05, 4.69) is 0 Å². The van der Waals surface area contributed by atoms with Gasteiger partial charge in [-0.05, 0) is 0 Å². The highest BCUT2D eigenvalue weighted by atomic mass is 16.7. The number of esters is 1. The van der Waals surface area contributed by atoms with Crippen LogP contribution in [0.25, 0.3) is 0 Å². The minimum Gasteiger partial charge on any atom is -0.469 e. The number of aliphatic hydroxyl groups is 1. The Kier molecular flexibility index (Phi) is 3.88. The zero-order valence-corrected chi connectivity index (χ0v) is 10.8. The fourth-order valence-corrected chi connectivity index (χ4v) is 2.88. The number of hydroxylamine groups is 2. The fourth-order valence-electron chi connectivity index (χ4n) is 2.88. The average molecular weight is 261 g/mol. The van der Waals surface area contributed by atoms with E-state index < -0.39 is 29.8 Å². The first-order chi connectivity index (χ1) is 8.63. The molecule has 0 bridgehead atoms. The average Bonchev–Trinajstić information content (AvgIpc) is 2.94. The van der Waals surface area contributed by atoms with E-state index in [1.54, 1.807) is 5.06 Å². The second-order valence-electron chi connectivity index (χ2n) is 4.43. The molecule has 2 aliphatic rings.